The standard InChI is InChI=1S/C16H13ClN4O3/c17-12-7-6-11(24-12)15(22)20-14(10-4-2-1-3-5-10)16(23)19-13-8-9-18-21-13/h1-9,14H,(H,20,22)(H2,18,19,21,23). The Kier molecular flexibility index (Phi) is 4.62. The Hall–Kier alpha value is -3.06. The molecule has 0 aliphatic carbocycles. The average molecular weight is 345 g/mol. The van der Waals surface area contributed by atoms with Gasteiger partial charge in [0.25, 0.3) is 11.8 Å². The number of rotatable bonds is 5. The zero-order valence-corrected chi connectivity index (χ0v) is 13.1. The van der Waals surface area contributed by atoms with Crippen molar-refractivity contribution in [2.45, 2.75) is 6.04 Å². The quantitative estimate of drug-likeness (QED) is 0.662. The summed E-state index contributed by atoms with van der Waals surface area (Å²) in [5.41, 5.74) is 0.625. The molecule has 1 atom stereocenters. The number of aromatic amines is 1. The zero-order valence-electron chi connectivity index (χ0n) is 12.3. The highest BCUT2D eigenvalue weighted by Crippen LogP contribution is 2.18. The average Bonchev–Trinajstić information content (AvgIpc) is 3.24. The number of amides is 2. The van der Waals surface area contributed by atoms with Crippen molar-refractivity contribution < 1.29 is 14.0 Å². The number of furan rings is 1. The lowest BCUT2D eigenvalue weighted by Crippen LogP contribution is -2.37. The zero-order chi connectivity index (χ0) is 16.9. The van der Waals surface area contributed by atoms with Crippen molar-refractivity contribution in [3.05, 3.63) is 71.3 Å². The fraction of sp³-hybridized carbons (Fsp3) is 0.0625. The molecule has 0 radical (unpaired) electrons. The summed E-state index contributed by atoms with van der Waals surface area (Å²) in [4.78, 5) is 24.8. The van der Waals surface area contributed by atoms with Gasteiger partial charge in [-0.3, -0.25) is 14.7 Å². The minimum Gasteiger partial charge on any atom is -0.440 e. The molecule has 0 aliphatic rings. The summed E-state index contributed by atoms with van der Waals surface area (Å²) in [6.45, 7) is 0. The predicted octanol–water partition coefficient (Wildman–Crippen LogP) is 2.77. The van der Waals surface area contributed by atoms with E-state index in [0.29, 0.717) is 11.4 Å². The highest BCUT2D eigenvalue weighted by molar-refractivity contribution is 6.29. The third-order valence-corrected chi connectivity index (χ3v) is 3.43. The van der Waals surface area contributed by atoms with E-state index in [9.17, 15) is 9.59 Å². The van der Waals surface area contributed by atoms with E-state index >= 15 is 0 Å². The number of nitrogens with one attached hydrogen (secondary N) is 3. The lowest BCUT2D eigenvalue weighted by Gasteiger charge is -2.17. The van der Waals surface area contributed by atoms with Crippen LogP contribution in [0.1, 0.15) is 22.2 Å². The third kappa shape index (κ3) is 3.64. The molecule has 8 heteroatoms. The van der Waals surface area contributed by atoms with Gasteiger partial charge < -0.3 is 15.1 Å². The number of anilines is 1. The minimum atomic E-state index is -0.911. The molecule has 3 N–H and O–H groups in total. The van der Waals surface area contributed by atoms with Crippen molar-refractivity contribution >= 4 is 29.2 Å². The van der Waals surface area contributed by atoms with Crippen LogP contribution in [0.5, 0.6) is 0 Å². The number of hydrogen-bond donors (Lipinski definition) is 3. The number of carbonyl (C=O) groups excluding carboxylic acids is 2. The first kappa shape index (κ1) is 15.8. The van der Waals surface area contributed by atoms with Crippen molar-refractivity contribution in [3.63, 3.8) is 0 Å². The molecule has 3 rings (SSSR count). The van der Waals surface area contributed by atoms with Crippen LogP contribution >= 0.6 is 11.6 Å². The molecule has 122 valence electrons. The van der Waals surface area contributed by atoms with Gasteiger partial charge in [0.1, 0.15) is 11.9 Å². The third-order valence-electron chi connectivity index (χ3n) is 3.23. The summed E-state index contributed by atoms with van der Waals surface area (Å²) >= 11 is 5.68. The van der Waals surface area contributed by atoms with Crippen LogP contribution < -0.4 is 10.6 Å². The van der Waals surface area contributed by atoms with Crippen LogP contribution in [0.2, 0.25) is 5.22 Å². The van der Waals surface area contributed by atoms with Crippen LogP contribution in [0.15, 0.2) is 59.1 Å². The van der Waals surface area contributed by atoms with Gasteiger partial charge in [-0.2, -0.15) is 5.10 Å². The minimum absolute atomic E-state index is 0.0234. The van der Waals surface area contributed by atoms with Gasteiger partial charge in [0.2, 0.25) is 0 Å². The van der Waals surface area contributed by atoms with Gasteiger partial charge in [0.05, 0.1) is 6.20 Å². The summed E-state index contributed by atoms with van der Waals surface area (Å²) < 4.78 is 5.07. The van der Waals surface area contributed by atoms with E-state index in [2.05, 4.69) is 20.8 Å². The number of halogens is 1. The van der Waals surface area contributed by atoms with Gasteiger partial charge >= 0.3 is 0 Å². The molecule has 24 heavy (non-hydrogen) atoms. The molecule has 0 saturated heterocycles. The second-order valence-corrected chi connectivity index (χ2v) is 5.25. The highest BCUT2D eigenvalue weighted by atomic mass is 35.5. The van der Waals surface area contributed by atoms with Gasteiger partial charge in [-0.15, -0.1) is 0 Å². The Morgan fingerprint density at radius 2 is 1.92 bits per heavy atom. The van der Waals surface area contributed by atoms with Crippen LogP contribution in [0.3, 0.4) is 0 Å². The van der Waals surface area contributed by atoms with Crippen LogP contribution in [0.25, 0.3) is 0 Å². The Bertz CT molecular complexity index is 830. The molecule has 2 aromatic heterocycles. The SMILES string of the molecule is O=C(NC(C(=O)Nc1ccn[nH]1)c1ccccc1)c1ccc(Cl)o1. The van der Waals surface area contributed by atoms with E-state index in [1.807, 2.05) is 6.07 Å². The Balaban J connectivity index is 1.82. The molecular formula is C16H13ClN4O3. The molecular weight excluding hydrogens is 332 g/mol. The smallest absolute Gasteiger partial charge is 0.287 e. The largest absolute Gasteiger partial charge is 0.440 e. The second kappa shape index (κ2) is 7.01. The van der Waals surface area contributed by atoms with Crippen molar-refractivity contribution in [1.29, 1.82) is 0 Å². The molecule has 0 fully saturated rings. The maximum absolute atomic E-state index is 12.6. The van der Waals surface area contributed by atoms with Gasteiger partial charge in [-0.1, -0.05) is 30.3 Å². The lowest BCUT2D eigenvalue weighted by molar-refractivity contribution is -0.118. The van der Waals surface area contributed by atoms with Crippen LogP contribution in [0.4, 0.5) is 5.82 Å². The fourth-order valence-electron chi connectivity index (χ4n) is 2.11. The van der Waals surface area contributed by atoms with E-state index in [1.54, 1.807) is 30.3 Å². The fourth-order valence-corrected chi connectivity index (χ4v) is 2.26. The number of benzene rings is 1. The first-order chi connectivity index (χ1) is 11.6. The summed E-state index contributed by atoms with van der Waals surface area (Å²) in [7, 11) is 0. The number of hydrogen-bond acceptors (Lipinski definition) is 4. The molecule has 0 bridgehead atoms. The van der Waals surface area contributed by atoms with Crippen LogP contribution in [0, 0.1) is 0 Å². The molecule has 3 aromatic rings. The Morgan fingerprint density at radius 3 is 2.54 bits per heavy atom. The first-order valence-corrected chi connectivity index (χ1v) is 7.42. The second-order valence-electron chi connectivity index (χ2n) is 4.88. The first-order valence-electron chi connectivity index (χ1n) is 7.05. The van der Waals surface area contributed by atoms with E-state index in [4.69, 9.17) is 16.0 Å². The topological polar surface area (TPSA) is 100 Å². The van der Waals surface area contributed by atoms with Crippen molar-refractivity contribution in [1.82, 2.24) is 15.5 Å². The van der Waals surface area contributed by atoms with E-state index in [0.717, 1.165) is 0 Å². The normalized spacial score (nSPS) is 11.7. The monoisotopic (exact) mass is 344 g/mol. The molecule has 2 heterocycles. The van der Waals surface area contributed by atoms with Crippen LogP contribution in [-0.4, -0.2) is 22.0 Å². The summed E-state index contributed by atoms with van der Waals surface area (Å²) in [6, 6.07) is 12.5. The lowest BCUT2D eigenvalue weighted by atomic mass is 10.1. The summed E-state index contributed by atoms with van der Waals surface area (Å²) in [5, 5.41) is 11.8. The maximum Gasteiger partial charge on any atom is 0.287 e. The summed E-state index contributed by atoms with van der Waals surface area (Å²) in [6.07, 6.45) is 1.51. The van der Waals surface area contributed by atoms with Crippen molar-refractivity contribution in [3.8, 4) is 0 Å². The van der Waals surface area contributed by atoms with Crippen LogP contribution in [-0.2, 0) is 4.79 Å². The summed E-state index contributed by atoms with van der Waals surface area (Å²) in [5.74, 6) is -0.515. The van der Waals surface area contributed by atoms with E-state index in [1.165, 1.54) is 18.3 Å². The Morgan fingerprint density at radius 1 is 1.12 bits per heavy atom. The van der Waals surface area contributed by atoms with Crippen molar-refractivity contribution in [2.75, 3.05) is 5.32 Å². The molecule has 0 saturated carbocycles. The number of carbonyl (C=O) groups is 2. The highest BCUT2D eigenvalue weighted by Gasteiger charge is 2.25. The molecule has 2 amide bonds. The maximum atomic E-state index is 12.6. The van der Waals surface area contributed by atoms with Gasteiger partial charge in [-0.05, 0) is 29.3 Å². The number of H-pyrrole nitrogens is 1. The molecule has 1 aromatic carbocycles. The van der Waals surface area contributed by atoms with Gasteiger partial charge in [-0.25, -0.2) is 0 Å². The van der Waals surface area contributed by atoms with E-state index in [-0.39, 0.29) is 11.0 Å². The number of aromatic nitrogens is 2. The molecule has 7 nitrogen and oxygen atoms in total. The molecule has 0 spiro atoms. The van der Waals surface area contributed by atoms with Gasteiger partial charge in [0.15, 0.2) is 11.0 Å². The number of nitrogens with zero attached hydrogens (tertiary/aromatic N) is 1. The van der Waals surface area contributed by atoms with Crippen molar-refractivity contribution in [2.24, 2.45) is 0 Å². The Labute approximate surface area is 142 Å². The molecule has 1 unspecified atom stereocenters. The van der Waals surface area contributed by atoms with E-state index < -0.39 is 17.9 Å². The predicted molar refractivity (Wildman–Crippen MR) is 87.6 cm³/mol. The molecule has 0 aliphatic heterocycles. The van der Waals surface area contributed by atoms with Gasteiger partial charge in [0, 0.05) is 6.07 Å².